The van der Waals surface area contributed by atoms with Crippen molar-refractivity contribution in [1.29, 1.82) is 0 Å². The van der Waals surface area contributed by atoms with Crippen LogP contribution in [0.2, 0.25) is 0 Å². The van der Waals surface area contributed by atoms with Gasteiger partial charge in [-0.05, 0) is 37.6 Å². The molecule has 1 atom stereocenters. The number of benzene rings is 1. The second-order valence-electron chi connectivity index (χ2n) is 3.63. The Morgan fingerprint density at radius 1 is 1.53 bits per heavy atom. The van der Waals surface area contributed by atoms with Gasteiger partial charge in [-0.1, -0.05) is 15.9 Å². The van der Waals surface area contributed by atoms with Crippen LogP contribution >= 0.6 is 15.9 Å². The molecule has 0 heterocycles. The van der Waals surface area contributed by atoms with Crippen LogP contribution in [0.4, 0.5) is 0 Å². The van der Waals surface area contributed by atoms with Crippen LogP contribution in [0.5, 0.6) is 0 Å². The van der Waals surface area contributed by atoms with Gasteiger partial charge in [-0.3, -0.25) is 4.79 Å². The molecule has 1 unspecified atom stereocenters. The van der Waals surface area contributed by atoms with Crippen molar-refractivity contribution in [2.45, 2.75) is 19.9 Å². The zero-order valence-electron chi connectivity index (χ0n) is 8.88. The van der Waals surface area contributed by atoms with E-state index in [0.29, 0.717) is 12.1 Å². The van der Waals surface area contributed by atoms with Crippen LogP contribution in [0, 0.1) is 6.92 Å². The van der Waals surface area contributed by atoms with Crippen molar-refractivity contribution < 1.29 is 4.79 Å². The lowest BCUT2D eigenvalue weighted by Gasteiger charge is -2.11. The molecule has 3 N–H and O–H groups in total. The minimum Gasteiger partial charge on any atom is -0.348 e. The molecule has 4 heteroatoms. The van der Waals surface area contributed by atoms with Gasteiger partial charge < -0.3 is 11.1 Å². The number of hydrogen-bond acceptors (Lipinski definition) is 2. The van der Waals surface area contributed by atoms with Crippen LogP contribution in [0.1, 0.15) is 22.8 Å². The highest BCUT2D eigenvalue weighted by atomic mass is 79.9. The number of nitrogens with one attached hydrogen (secondary N) is 1. The number of carbonyl (C=O) groups is 1. The first-order chi connectivity index (χ1) is 7.02. The third-order valence-electron chi connectivity index (χ3n) is 2.04. The monoisotopic (exact) mass is 270 g/mol. The van der Waals surface area contributed by atoms with Crippen molar-refractivity contribution >= 4 is 21.8 Å². The summed E-state index contributed by atoms with van der Waals surface area (Å²) >= 11 is 3.36. The van der Waals surface area contributed by atoms with Crippen molar-refractivity contribution in [1.82, 2.24) is 5.32 Å². The average Bonchev–Trinajstić information content (AvgIpc) is 2.16. The Morgan fingerprint density at radius 3 is 2.73 bits per heavy atom. The van der Waals surface area contributed by atoms with Crippen LogP contribution in [0.3, 0.4) is 0 Å². The lowest BCUT2D eigenvalue weighted by atomic mass is 10.1. The van der Waals surface area contributed by atoms with Crippen molar-refractivity contribution in [2.24, 2.45) is 5.73 Å². The van der Waals surface area contributed by atoms with E-state index in [1.165, 1.54) is 0 Å². The van der Waals surface area contributed by atoms with Gasteiger partial charge in [0, 0.05) is 22.6 Å². The van der Waals surface area contributed by atoms with Gasteiger partial charge in [0.15, 0.2) is 0 Å². The quantitative estimate of drug-likeness (QED) is 0.881. The standard InChI is InChI=1S/C11H15BrN2O/c1-7-3-9(5-10(12)4-7)11(15)14-8(2)6-13/h3-5,8H,6,13H2,1-2H3,(H,14,15). The van der Waals surface area contributed by atoms with Crippen LogP contribution in [0.15, 0.2) is 22.7 Å². The maximum absolute atomic E-state index is 11.7. The minimum atomic E-state index is -0.0858. The summed E-state index contributed by atoms with van der Waals surface area (Å²) < 4.78 is 0.910. The highest BCUT2D eigenvalue weighted by molar-refractivity contribution is 9.10. The zero-order chi connectivity index (χ0) is 11.4. The Labute approximate surface area is 98.2 Å². The zero-order valence-corrected chi connectivity index (χ0v) is 10.5. The van der Waals surface area contributed by atoms with E-state index in [1.54, 1.807) is 6.07 Å². The molecule has 1 aromatic carbocycles. The van der Waals surface area contributed by atoms with Crippen LogP contribution in [-0.2, 0) is 0 Å². The molecule has 1 amide bonds. The van der Waals surface area contributed by atoms with Crippen molar-refractivity contribution in [3.63, 3.8) is 0 Å². The lowest BCUT2D eigenvalue weighted by molar-refractivity contribution is 0.0941. The summed E-state index contributed by atoms with van der Waals surface area (Å²) in [7, 11) is 0. The van der Waals surface area contributed by atoms with Gasteiger partial charge in [0.05, 0.1) is 0 Å². The molecule has 1 rings (SSSR count). The number of rotatable bonds is 3. The first kappa shape index (κ1) is 12.2. The maximum atomic E-state index is 11.7. The average molecular weight is 271 g/mol. The molecule has 0 aliphatic heterocycles. The van der Waals surface area contributed by atoms with E-state index in [1.807, 2.05) is 26.0 Å². The summed E-state index contributed by atoms with van der Waals surface area (Å²) in [5, 5.41) is 2.82. The summed E-state index contributed by atoms with van der Waals surface area (Å²) in [5.41, 5.74) is 7.14. The predicted octanol–water partition coefficient (Wildman–Crippen LogP) is 1.83. The highest BCUT2D eigenvalue weighted by Gasteiger charge is 2.09. The summed E-state index contributed by atoms with van der Waals surface area (Å²) in [5.74, 6) is -0.0858. The largest absolute Gasteiger partial charge is 0.348 e. The van der Waals surface area contributed by atoms with E-state index < -0.39 is 0 Å². The van der Waals surface area contributed by atoms with Crippen molar-refractivity contribution in [2.75, 3.05) is 6.54 Å². The van der Waals surface area contributed by atoms with Gasteiger partial charge >= 0.3 is 0 Å². The molecular weight excluding hydrogens is 256 g/mol. The molecule has 82 valence electrons. The Balaban J connectivity index is 2.82. The van der Waals surface area contributed by atoms with Crippen LogP contribution in [-0.4, -0.2) is 18.5 Å². The number of halogens is 1. The second kappa shape index (κ2) is 5.28. The third kappa shape index (κ3) is 3.64. The first-order valence-corrected chi connectivity index (χ1v) is 5.60. The first-order valence-electron chi connectivity index (χ1n) is 4.81. The van der Waals surface area contributed by atoms with E-state index in [9.17, 15) is 4.79 Å². The molecule has 0 aliphatic rings. The minimum absolute atomic E-state index is 0.00297. The molecule has 0 fully saturated rings. The van der Waals surface area contributed by atoms with Crippen LogP contribution in [0.25, 0.3) is 0 Å². The molecule has 0 radical (unpaired) electrons. The molecule has 0 aromatic heterocycles. The molecule has 0 aliphatic carbocycles. The molecule has 3 nitrogen and oxygen atoms in total. The fourth-order valence-electron chi connectivity index (χ4n) is 1.23. The molecule has 0 saturated heterocycles. The third-order valence-corrected chi connectivity index (χ3v) is 2.49. The summed E-state index contributed by atoms with van der Waals surface area (Å²) in [6.45, 7) is 4.27. The van der Waals surface area contributed by atoms with Gasteiger partial charge in [0.25, 0.3) is 5.91 Å². The van der Waals surface area contributed by atoms with Crippen molar-refractivity contribution in [3.8, 4) is 0 Å². The predicted molar refractivity (Wildman–Crippen MR) is 64.9 cm³/mol. The SMILES string of the molecule is Cc1cc(Br)cc(C(=O)NC(C)CN)c1. The normalized spacial score (nSPS) is 12.3. The number of aryl methyl sites for hydroxylation is 1. The van der Waals surface area contributed by atoms with Gasteiger partial charge in [-0.25, -0.2) is 0 Å². The van der Waals surface area contributed by atoms with Gasteiger partial charge in [-0.15, -0.1) is 0 Å². The van der Waals surface area contributed by atoms with E-state index in [-0.39, 0.29) is 11.9 Å². The Bertz CT molecular complexity index is 345. The smallest absolute Gasteiger partial charge is 0.251 e. The summed E-state index contributed by atoms with van der Waals surface area (Å²) in [6, 6.07) is 5.61. The van der Waals surface area contributed by atoms with Gasteiger partial charge in [-0.2, -0.15) is 0 Å². The second-order valence-corrected chi connectivity index (χ2v) is 4.54. The Hall–Kier alpha value is -0.870. The highest BCUT2D eigenvalue weighted by Crippen LogP contribution is 2.15. The number of hydrogen-bond donors (Lipinski definition) is 2. The Kier molecular flexibility index (Phi) is 4.29. The fraction of sp³-hybridized carbons (Fsp3) is 0.364. The molecule has 15 heavy (non-hydrogen) atoms. The number of carbonyl (C=O) groups excluding carboxylic acids is 1. The number of nitrogens with two attached hydrogens (primary N) is 1. The van der Waals surface area contributed by atoms with Crippen molar-refractivity contribution in [3.05, 3.63) is 33.8 Å². The molecule has 1 aromatic rings. The van der Waals surface area contributed by atoms with E-state index in [4.69, 9.17) is 5.73 Å². The molecule has 0 spiro atoms. The van der Waals surface area contributed by atoms with E-state index in [0.717, 1.165) is 10.0 Å². The maximum Gasteiger partial charge on any atom is 0.251 e. The molecule has 0 bridgehead atoms. The lowest BCUT2D eigenvalue weighted by Crippen LogP contribution is -2.37. The summed E-state index contributed by atoms with van der Waals surface area (Å²) in [4.78, 5) is 11.7. The van der Waals surface area contributed by atoms with Gasteiger partial charge in [0.2, 0.25) is 0 Å². The Morgan fingerprint density at radius 2 is 2.20 bits per heavy atom. The van der Waals surface area contributed by atoms with Gasteiger partial charge in [0.1, 0.15) is 0 Å². The molecule has 0 saturated carbocycles. The van der Waals surface area contributed by atoms with E-state index in [2.05, 4.69) is 21.2 Å². The van der Waals surface area contributed by atoms with E-state index >= 15 is 0 Å². The fourth-order valence-corrected chi connectivity index (χ4v) is 1.84. The topological polar surface area (TPSA) is 55.1 Å². The number of amides is 1. The van der Waals surface area contributed by atoms with Crippen LogP contribution < -0.4 is 11.1 Å². The molecular formula is C11H15BrN2O. The summed E-state index contributed by atoms with van der Waals surface area (Å²) in [6.07, 6.45) is 0.